The molecule has 3 heteroatoms. The van der Waals surface area contributed by atoms with Gasteiger partial charge in [0.25, 0.3) is 0 Å². The van der Waals surface area contributed by atoms with Crippen LogP contribution in [0.4, 0.5) is 0 Å². The average Bonchev–Trinajstić information content (AvgIpc) is 2.18. The number of nitrogens with zero attached hydrogens (tertiary/aromatic N) is 1. The first-order valence-corrected chi connectivity index (χ1v) is 5.70. The Morgan fingerprint density at radius 2 is 2.07 bits per heavy atom. The molecule has 1 aliphatic rings. The molecule has 0 atom stereocenters. The molecular weight excluding hydrogens is 188 g/mol. The molecule has 0 aromatic rings. The average molecular weight is 210 g/mol. The minimum Gasteiger partial charge on any atom is -0.356 e. The first kappa shape index (κ1) is 12.2. The molecule has 1 amide bonds. The maximum absolute atomic E-state index is 11.7. The van der Waals surface area contributed by atoms with Crippen molar-refractivity contribution in [1.82, 2.24) is 10.2 Å². The van der Waals surface area contributed by atoms with Gasteiger partial charge in [0.2, 0.25) is 5.91 Å². The molecule has 1 N–H and O–H groups in total. The first-order chi connectivity index (χ1) is 7.09. The van der Waals surface area contributed by atoms with E-state index in [2.05, 4.69) is 23.8 Å². The van der Waals surface area contributed by atoms with E-state index >= 15 is 0 Å². The molecule has 1 heterocycles. The Morgan fingerprint density at radius 3 is 2.60 bits per heavy atom. The number of amides is 1. The predicted molar refractivity (Wildman–Crippen MR) is 62.7 cm³/mol. The van der Waals surface area contributed by atoms with E-state index < -0.39 is 0 Å². The largest absolute Gasteiger partial charge is 0.356 e. The van der Waals surface area contributed by atoms with Crippen molar-refractivity contribution < 1.29 is 4.79 Å². The van der Waals surface area contributed by atoms with Gasteiger partial charge < -0.3 is 10.2 Å². The molecule has 15 heavy (non-hydrogen) atoms. The van der Waals surface area contributed by atoms with Crippen molar-refractivity contribution in [3.8, 4) is 0 Å². The first-order valence-electron chi connectivity index (χ1n) is 5.70. The Morgan fingerprint density at radius 1 is 1.47 bits per heavy atom. The van der Waals surface area contributed by atoms with Crippen molar-refractivity contribution in [2.45, 2.75) is 26.2 Å². The van der Waals surface area contributed by atoms with Gasteiger partial charge in [0.05, 0.1) is 0 Å². The third kappa shape index (κ3) is 4.47. The Hall–Kier alpha value is -0.830. The number of nitrogens with one attached hydrogen (secondary N) is 1. The lowest BCUT2D eigenvalue weighted by Crippen LogP contribution is -2.39. The molecule has 0 saturated carbocycles. The van der Waals surface area contributed by atoms with Gasteiger partial charge in [-0.05, 0) is 46.3 Å². The number of piperidine rings is 1. The van der Waals surface area contributed by atoms with Crippen molar-refractivity contribution in [3.05, 3.63) is 12.2 Å². The molecule has 3 nitrogen and oxygen atoms in total. The Kier molecular flexibility index (Phi) is 4.82. The second-order valence-electron chi connectivity index (χ2n) is 4.58. The SMILES string of the molecule is C=C(C)CCNC(=O)C1CCN(C)CC1. The standard InChI is InChI=1S/C12H22N2O/c1-10(2)4-7-13-12(15)11-5-8-14(3)9-6-11/h11H,1,4-9H2,2-3H3,(H,13,15). The Labute approximate surface area is 92.5 Å². The predicted octanol–water partition coefficient (Wildman–Crippen LogP) is 1.41. The van der Waals surface area contributed by atoms with Crippen LogP contribution >= 0.6 is 0 Å². The quantitative estimate of drug-likeness (QED) is 0.712. The summed E-state index contributed by atoms with van der Waals surface area (Å²) in [4.78, 5) is 14.0. The number of rotatable bonds is 4. The monoisotopic (exact) mass is 210 g/mol. The van der Waals surface area contributed by atoms with Gasteiger partial charge in [-0.3, -0.25) is 4.79 Å². The van der Waals surface area contributed by atoms with Crippen molar-refractivity contribution in [2.24, 2.45) is 5.92 Å². The van der Waals surface area contributed by atoms with Gasteiger partial charge in [-0.2, -0.15) is 0 Å². The van der Waals surface area contributed by atoms with Crippen LogP contribution in [-0.4, -0.2) is 37.5 Å². The van der Waals surface area contributed by atoms with Gasteiger partial charge >= 0.3 is 0 Å². The summed E-state index contributed by atoms with van der Waals surface area (Å²) < 4.78 is 0. The van der Waals surface area contributed by atoms with Crippen molar-refractivity contribution >= 4 is 5.91 Å². The second-order valence-corrected chi connectivity index (χ2v) is 4.58. The molecule has 0 spiro atoms. The lowest BCUT2D eigenvalue weighted by atomic mass is 9.96. The summed E-state index contributed by atoms with van der Waals surface area (Å²) in [6.45, 7) is 8.62. The highest BCUT2D eigenvalue weighted by Crippen LogP contribution is 2.15. The van der Waals surface area contributed by atoms with Gasteiger partial charge in [0.1, 0.15) is 0 Å². The van der Waals surface area contributed by atoms with Crippen molar-refractivity contribution in [2.75, 3.05) is 26.7 Å². The number of carbonyl (C=O) groups is 1. The summed E-state index contributed by atoms with van der Waals surface area (Å²) in [6, 6.07) is 0. The zero-order chi connectivity index (χ0) is 11.3. The van der Waals surface area contributed by atoms with Crippen molar-refractivity contribution in [3.63, 3.8) is 0 Å². The summed E-state index contributed by atoms with van der Waals surface area (Å²) in [7, 11) is 2.11. The molecule has 1 aliphatic heterocycles. The van der Waals surface area contributed by atoms with Crippen LogP contribution in [0.1, 0.15) is 26.2 Å². The van der Waals surface area contributed by atoms with E-state index in [0.717, 1.165) is 44.5 Å². The number of likely N-dealkylation sites (tertiary alicyclic amines) is 1. The maximum atomic E-state index is 11.7. The fourth-order valence-electron chi connectivity index (χ4n) is 1.81. The molecule has 1 fully saturated rings. The fraction of sp³-hybridized carbons (Fsp3) is 0.750. The molecule has 0 bridgehead atoms. The highest BCUT2D eigenvalue weighted by molar-refractivity contribution is 5.78. The minimum absolute atomic E-state index is 0.226. The highest BCUT2D eigenvalue weighted by atomic mass is 16.1. The fourth-order valence-corrected chi connectivity index (χ4v) is 1.81. The van der Waals surface area contributed by atoms with Gasteiger partial charge in [0.15, 0.2) is 0 Å². The van der Waals surface area contributed by atoms with Crippen LogP contribution < -0.4 is 5.32 Å². The van der Waals surface area contributed by atoms with Gasteiger partial charge in [-0.25, -0.2) is 0 Å². The molecule has 0 aromatic heterocycles. The zero-order valence-corrected chi connectivity index (χ0v) is 9.88. The molecule has 0 aromatic carbocycles. The van der Waals surface area contributed by atoms with E-state index in [1.807, 2.05) is 6.92 Å². The molecule has 0 radical (unpaired) electrons. The summed E-state index contributed by atoms with van der Waals surface area (Å²) >= 11 is 0. The topological polar surface area (TPSA) is 32.3 Å². The Bertz CT molecular complexity index is 230. The van der Waals surface area contributed by atoms with Gasteiger partial charge in [-0.15, -0.1) is 6.58 Å². The maximum Gasteiger partial charge on any atom is 0.223 e. The Balaban J connectivity index is 2.19. The molecule has 1 rings (SSSR count). The zero-order valence-electron chi connectivity index (χ0n) is 9.88. The van der Waals surface area contributed by atoms with Crippen LogP contribution in [0, 0.1) is 5.92 Å². The van der Waals surface area contributed by atoms with E-state index in [1.54, 1.807) is 0 Å². The van der Waals surface area contributed by atoms with Crippen molar-refractivity contribution in [1.29, 1.82) is 0 Å². The number of hydrogen-bond donors (Lipinski definition) is 1. The van der Waals surface area contributed by atoms with Gasteiger partial charge in [0, 0.05) is 12.5 Å². The minimum atomic E-state index is 0.226. The van der Waals surface area contributed by atoms with Crippen LogP contribution in [0.3, 0.4) is 0 Å². The number of hydrogen-bond acceptors (Lipinski definition) is 2. The van der Waals surface area contributed by atoms with Gasteiger partial charge in [-0.1, -0.05) is 5.57 Å². The molecule has 86 valence electrons. The smallest absolute Gasteiger partial charge is 0.223 e. The van der Waals surface area contributed by atoms with Crippen LogP contribution in [0.25, 0.3) is 0 Å². The summed E-state index contributed by atoms with van der Waals surface area (Å²) in [5, 5.41) is 2.98. The third-order valence-electron chi connectivity index (χ3n) is 2.94. The third-order valence-corrected chi connectivity index (χ3v) is 2.94. The lowest BCUT2D eigenvalue weighted by Gasteiger charge is -2.28. The van der Waals surface area contributed by atoms with E-state index in [0.29, 0.717) is 0 Å². The molecule has 0 unspecified atom stereocenters. The van der Waals surface area contributed by atoms with Crippen LogP contribution in [0.15, 0.2) is 12.2 Å². The normalized spacial score (nSPS) is 18.8. The molecule has 0 aliphatic carbocycles. The van der Waals surface area contributed by atoms with Crippen LogP contribution in [-0.2, 0) is 4.79 Å². The molecule has 1 saturated heterocycles. The van der Waals surface area contributed by atoms with E-state index in [1.165, 1.54) is 0 Å². The van der Waals surface area contributed by atoms with E-state index in [4.69, 9.17) is 0 Å². The summed E-state index contributed by atoms with van der Waals surface area (Å²) in [5.41, 5.74) is 1.12. The summed E-state index contributed by atoms with van der Waals surface area (Å²) in [5.74, 6) is 0.454. The van der Waals surface area contributed by atoms with Crippen LogP contribution in [0.5, 0.6) is 0 Å². The number of carbonyl (C=O) groups excluding carboxylic acids is 1. The second kappa shape index (κ2) is 5.91. The lowest BCUT2D eigenvalue weighted by molar-refractivity contribution is -0.126. The highest BCUT2D eigenvalue weighted by Gasteiger charge is 2.22. The van der Waals surface area contributed by atoms with Crippen LogP contribution in [0.2, 0.25) is 0 Å². The van der Waals surface area contributed by atoms with E-state index in [-0.39, 0.29) is 11.8 Å². The molecular formula is C12H22N2O. The summed E-state index contributed by atoms with van der Waals surface area (Å²) in [6.07, 6.45) is 2.88. The van der Waals surface area contributed by atoms with E-state index in [9.17, 15) is 4.79 Å².